The van der Waals surface area contributed by atoms with Crippen molar-refractivity contribution in [1.29, 1.82) is 0 Å². The van der Waals surface area contributed by atoms with Crippen LogP contribution in [0.25, 0.3) is 0 Å². The van der Waals surface area contributed by atoms with Crippen LogP contribution in [-0.4, -0.2) is 55.6 Å². The molecule has 1 fully saturated rings. The third-order valence-corrected chi connectivity index (χ3v) is 4.77. The minimum atomic E-state index is -0.186. The predicted octanol–water partition coefficient (Wildman–Crippen LogP) is 3.55. The van der Waals surface area contributed by atoms with Crippen LogP contribution in [0.1, 0.15) is 38.3 Å². The second-order valence-corrected chi connectivity index (χ2v) is 6.64. The average molecular weight is 342 g/mol. The van der Waals surface area contributed by atoms with Crippen LogP contribution < -0.4 is 5.32 Å². The smallest absolute Gasteiger partial charge is 0.129 e. The summed E-state index contributed by atoms with van der Waals surface area (Å²) in [5, 5.41) is 3.91. The molecular weight excluding hydrogens is 313 g/mol. The maximum Gasteiger partial charge on any atom is 0.129 e. The van der Waals surface area contributed by atoms with Crippen molar-refractivity contribution in [3.05, 3.63) is 34.6 Å². The predicted molar refractivity (Wildman–Crippen MR) is 95.6 cm³/mol. The third-order valence-electron chi connectivity index (χ3n) is 4.44. The third kappa shape index (κ3) is 5.15. The van der Waals surface area contributed by atoms with E-state index in [9.17, 15) is 4.39 Å². The molecule has 0 saturated carbocycles. The summed E-state index contributed by atoms with van der Waals surface area (Å²) in [7, 11) is 0. The maximum atomic E-state index is 14.5. The van der Waals surface area contributed by atoms with E-state index in [1.165, 1.54) is 6.07 Å². The van der Waals surface area contributed by atoms with Crippen molar-refractivity contribution in [1.82, 2.24) is 15.1 Å². The van der Waals surface area contributed by atoms with Crippen molar-refractivity contribution in [2.75, 3.05) is 45.8 Å². The highest BCUT2D eigenvalue weighted by molar-refractivity contribution is 6.31. The van der Waals surface area contributed by atoms with Gasteiger partial charge in [-0.2, -0.15) is 0 Å². The Kier molecular flexibility index (Phi) is 7.77. The van der Waals surface area contributed by atoms with Crippen LogP contribution in [0.3, 0.4) is 0 Å². The molecule has 1 heterocycles. The normalized spacial score (nSPS) is 17.6. The topological polar surface area (TPSA) is 18.5 Å². The molecule has 2 rings (SSSR count). The fourth-order valence-corrected chi connectivity index (χ4v) is 3.67. The molecule has 1 atom stereocenters. The second kappa shape index (κ2) is 9.58. The van der Waals surface area contributed by atoms with Gasteiger partial charge in [-0.15, -0.1) is 0 Å². The Morgan fingerprint density at radius 3 is 2.43 bits per heavy atom. The zero-order chi connectivity index (χ0) is 16.7. The number of rotatable bonds is 8. The molecule has 0 bridgehead atoms. The van der Waals surface area contributed by atoms with Gasteiger partial charge in [0.25, 0.3) is 0 Å². The first-order valence-electron chi connectivity index (χ1n) is 8.78. The zero-order valence-electron chi connectivity index (χ0n) is 14.3. The fourth-order valence-electron chi connectivity index (χ4n) is 3.38. The van der Waals surface area contributed by atoms with E-state index in [-0.39, 0.29) is 11.9 Å². The Morgan fingerprint density at radius 2 is 1.87 bits per heavy atom. The molecule has 1 aliphatic heterocycles. The molecule has 0 aliphatic carbocycles. The molecule has 3 nitrogen and oxygen atoms in total. The van der Waals surface area contributed by atoms with E-state index in [0.29, 0.717) is 10.6 Å². The van der Waals surface area contributed by atoms with Gasteiger partial charge in [0.05, 0.1) is 6.04 Å². The van der Waals surface area contributed by atoms with Crippen molar-refractivity contribution in [3.63, 3.8) is 0 Å². The number of hydrogen-bond acceptors (Lipinski definition) is 3. The van der Waals surface area contributed by atoms with Gasteiger partial charge in [-0.1, -0.05) is 31.5 Å². The van der Waals surface area contributed by atoms with Crippen molar-refractivity contribution < 1.29 is 4.39 Å². The fraction of sp³-hybridized carbons (Fsp3) is 0.667. The van der Waals surface area contributed by atoms with Gasteiger partial charge in [-0.25, -0.2) is 4.39 Å². The maximum absolute atomic E-state index is 14.5. The molecule has 1 aromatic carbocycles. The van der Waals surface area contributed by atoms with Gasteiger partial charge in [0.2, 0.25) is 0 Å². The molecule has 1 unspecified atom stereocenters. The van der Waals surface area contributed by atoms with Crippen molar-refractivity contribution in [2.45, 2.75) is 32.7 Å². The molecule has 1 N–H and O–H groups in total. The monoisotopic (exact) mass is 341 g/mol. The van der Waals surface area contributed by atoms with Gasteiger partial charge >= 0.3 is 0 Å². The van der Waals surface area contributed by atoms with E-state index in [4.69, 9.17) is 11.6 Å². The summed E-state index contributed by atoms with van der Waals surface area (Å²) in [5.41, 5.74) is 0.660. The first kappa shape index (κ1) is 18.7. The second-order valence-electron chi connectivity index (χ2n) is 6.24. The van der Waals surface area contributed by atoms with Gasteiger partial charge < -0.3 is 10.2 Å². The summed E-state index contributed by atoms with van der Waals surface area (Å²) in [6.07, 6.45) is 2.22. The first-order chi connectivity index (χ1) is 11.2. The van der Waals surface area contributed by atoms with E-state index in [0.717, 1.165) is 58.7 Å². The Labute approximate surface area is 144 Å². The van der Waals surface area contributed by atoms with Crippen molar-refractivity contribution in [3.8, 4) is 0 Å². The van der Waals surface area contributed by atoms with Gasteiger partial charge in [-0.3, -0.25) is 4.90 Å². The van der Waals surface area contributed by atoms with Crippen molar-refractivity contribution in [2.24, 2.45) is 0 Å². The van der Waals surface area contributed by atoms with E-state index < -0.39 is 0 Å². The van der Waals surface area contributed by atoms with Crippen LogP contribution in [0.15, 0.2) is 18.2 Å². The molecule has 0 spiro atoms. The highest BCUT2D eigenvalue weighted by Gasteiger charge is 2.28. The van der Waals surface area contributed by atoms with E-state index in [2.05, 4.69) is 29.0 Å². The Balaban J connectivity index is 2.27. The van der Waals surface area contributed by atoms with Crippen LogP contribution in [-0.2, 0) is 0 Å². The zero-order valence-corrected chi connectivity index (χ0v) is 15.1. The minimum Gasteiger partial charge on any atom is -0.314 e. The Hall–Kier alpha value is -0.680. The summed E-state index contributed by atoms with van der Waals surface area (Å²) in [4.78, 5) is 4.81. The van der Waals surface area contributed by atoms with Gasteiger partial charge in [0, 0.05) is 43.3 Å². The molecule has 1 saturated heterocycles. The largest absolute Gasteiger partial charge is 0.314 e. The number of nitrogens with zero attached hydrogens (tertiary/aromatic N) is 2. The van der Waals surface area contributed by atoms with E-state index in [1.54, 1.807) is 12.1 Å². The van der Waals surface area contributed by atoms with Crippen LogP contribution in [0.2, 0.25) is 5.02 Å². The standard InChI is InChI=1S/C18H29ClFN3/c1-3-10-22(11-4-2)14-17(23-12-8-21-9-13-23)18-15(19)6-5-7-16(18)20/h5-7,17,21H,3-4,8-14H2,1-2H3. The summed E-state index contributed by atoms with van der Waals surface area (Å²) >= 11 is 6.38. The molecule has 5 heteroatoms. The molecular formula is C18H29ClFN3. The van der Waals surface area contributed by atoms with Crippen LogP contribution in [0.4, 0.5) is 4.39 Å². The molecule has 0 amide bonds. The lowest BCUT2D eigenvalue weighted by Crippen LogP contribution is -2.48. The van der Waals surface area contributed by atoms with Crippen LogP contribution >= 0.6 is 11.6 Å². The molecule has 0 aromatic heterocycles. The van der Waals surface area contributed by atoms with Crippen molar-refractivity contribution >= 4 is 11.6 Å². The summed E-state index contributed by atoms with van der Waals surface area (Å²) in [5.74, 6) is -0.186. The number of nitrogens with one attached hydrogen (secondary N) is 1. The van der Waals surface area contributed by atoms with Crippen LogP contribution in [0.5, 0.6) is 0 Å². The summed E-state index contributed by atoms with van der Waals surface area (Å²) in [6.45, 7) is 11.1. The summed E-state index contributed by atoms with van der Waals surface area (Å²) in [6, 6.07) is 5.04. The lowest BCUT2D eigenvalue weighted by molar-refractivity contribution is 0.121. The number of benzene rings is 1. The molecule has 23 heavy (non-hydrogen) atoms. The van der Waals surface area contributed by atoms with E-state index >= 15 is 0 Å². The highest BCUT2D eigenvalue weighted by Crippen LogP contribution is 2.31. The summed E-state index contributed by atoms with van der Waals surface area (Å²) < 4.78 is 14.5. The highest BCUT2D eigenvalue weighted by atomic mass is 35.5. The Morgan fingerprint density at radius 1 is 1.22 bits per heavy atom. The first-order valence-corrected chi connectivity index (χ1v) is 9.16. The SMILES string of the molecule is CCCN(CCC)CC(c1c(F)cccc1Cl)N1CCNCC1. The van der Waals surface area contributed by atoms with Gasteiger partial charge in [0.15, 0.2) is 0 Å². The molecule has 1 aliphatic rings. The number of hydrogen-bond donors (Lipinski definition) is 1. The Bertz CT molecular complexity index is 451. The quantitative estimate of drug-likeness (QED) is 0.780. The minimum absolute atomic E-state index is 0.0175. The lowest BCUT2D eigenvalue weighted by Gasteiger charge is -2.38. The van der Waals surface area contributed by atoms with Crippen LogP contribution in [0, 0.1) is 5.82 Å². The number of halogens is 2. The van der Waals surface area contributed by atoms with E-state index in [1.807, 2.05) is 0 Å². The average Bonchev–Trinajstić information content (AvgIpc) is 2.55. The molecule has 0 radical (unpaired) electrons. The molecule has 130 valence electrons. The lowest BCUT2D eigenvalue weighted by atomic mass is 10.0. The molecule has 1 aromatic rings. The van der Waals surface area contributed by atoms with Gasteiger partial charge in [0.1, 0.15) is 5.82 Å². The number of piperazine rings is 1. The van der Waals surface area contributed by atoms with Gasteiger partial charge in [-0.05, 0) is 38.1 Å².